The molecular weight excluding hydrogens is 188 g/mol. The van der Waals surface area contributed by atoms with E-state index in [9.17, 15) is 4.79 Å². The second kappa shape index (κ2) is 4.28. The van der Waals surface area contributed by atoms with E-state index in [-0.39, 0.29) is 5.78 Å². The molecule has 0 aromatic heterocycles. The zero-order chi connectivity index (χ0) is 9.84. The Morgan fingerprint density at radius 3 is 2.69 bits per heavy atom. The molecule has 1 aromatic rings. The van der Waals surface area contributed by atoms with E-state index in [0.717, 1.165) is 5.56 Å². The van der Waals surface area contributed by atoms with Crippen LogP contribution in [0.15, 0.2) is 18.2 Å². The van der Waals surface area contributed by atoms with Gasteiger partial charge in [-0.2, -0.15) is 0 Å². The molecule has 0 heterocycles. The third-order valence-electron chi connectivity index (χ3n) is 1.84. The molecule has 0 aliphatic heterocycles. The number of Topliss-reactive ketones (excluding diaryl/α,β-unsaturated/α-hetero) is 1. The number of ketones is 1. The van der Waals surface area contributed by atoms with Crippen molar-refractivity contribution in [3.05, 3.63) is 29.3 Å². The van der Waals surface area contributed by atoms with Gasteiger partial charge in [-0.3, -0.25) is 4.79 Å². The van der Waals surface area contributed by atoms with Gasteiger partial charge in [-0.1, -0.05) is 12.1 Å². The van der Waals surface area contributed by atoms with Gasteiger partial charge >= 0.3 is 0 Å². The van der Waals surface area contributed by atoms with Crippen molar-refractivity contribution in [2.45, 2.75) is 12.8 Å². The van der Waals surface area contributed by atoms with Crippen LogP contribution in [0.3, 0.4) is 0 Å². The fourth-order valence-electron chi connectivity index (χ4n) is 1.07. The number of rotatable bonds is 3. The Labute approximate surface area is 82.5 Å². The molecule has 0 atom stereocenters. The van der Waals surface area contributed by atoms with Crippen molar-refractivity contribution in [2.75, 3.05) is 7.11 Å². The van der Waals surface area contributed by atoms with Gasteiger partial charge in [-0.05, 0) is 13.0 Å². The van der Waals surface area contributed by atoms with E-state index in [1.807, 2.05) is 6.07 Å². The molecule has 0 amide bonds. The molecule has 0 aliphatic rings. The molecule has 3 heteroatoms. The quantitative estimate of drug-likeness (QED) is 0.551. The lowest BCUT2D eigenvalue weighted by atomic mass is 10.1. The molecule has 0 radical (unpaired) electrons. The predicted molar refractivity (Wildman–Crippen MR) is 52.6 cm³/mol. The first kappa shape index (κ1) is 10.1. The van der Waals surface area contributed by atoms with Crippen molar-refractivity contribution in [1.82, 2.24) is 0 Å². The largest absolute Gasteiger partial charge is 0.496 e. The fourth-order valence-corrected chi connectivity index (χ4v) is 1.29. The monoisotopic (exact) mass is 198 g/mol. The molecule has 1 aromatic carbocycles. The maximum absolute atomic E-state index is 11.0. The van der Waals surface area contributed by atoms with Gasteiger partial charge in [0, 0.05) is 11.1 Å². The molecule has 0 N–H and O–H groups in total. The molecule has 2 nitrogen and oxygen atoms in total. The summed E-state index contributed by atoms with van der Waals surface area (Å²) in [6.07, 6.45) is 0. The summed E-state index contributed by atoms with van der Waals surface area (Å²) in [5, 5.41) is 0. The number of hydrogen-bond acceptors (Lipinski definition) is 2. The highest BCUT2D eigenvalue weighted by atomic mass is 35.5. The first-order chi connectivity index (χ1) is 6.19. The first-order valence-corrected chi connectivity index (χ1v) is 4.46. The summed E-state index contributed by atoms with van der Waals surface area (Å²) in [5.74, 6) is 1.09. The molecule has 0 bridgehead atoms. The maximum atomic E-state index is 11.0. The summed E-state index contributed by atoms with van der Waals surface area (Å²) in [7, 11) is 1.56. The van der Waals surface area contributed by atoms with Crippen LogP contribution >= 0.6 is 11.6 Å². The van der Waals surface area contributed by atoms with Crippen LogP contribution in [0.2, 0.25) is 0 Å². The van der Waals surface area contributed by atoms with Crippen molar-refractivity contribution in [3.63, 3.8) is 0 Å². The number of methoxy groups -OCH3 is 1. The minimum Gasteiger partial charge on any atom is -0.496 e. The summed E-state index contributed by atoms with van der Waals surface area (Å²) >= 11 is 5.68. The number of halogens is 1. The van der Waals surface area contributed by atoms with E-state index in [1.54, 1.807) is 19.2 Å². The molecule has 0 aliphatic carbocycles. The van der Waals surface area contributed by atoms with Gasteiger partial charge in [0.15, 0.2) is 5.78 Å². The van der Waals surface area contributed by atoms with Gasteiger partial charge in [0.25, 0.3) is 0 Å². The molecular formula is C10H11ClO2. The topological polar surface area (TPSA) is 26.3 Å². The average Bonchev–Trinajstić information content (AvgIpc) is 2.16. The summed E-state index contributed by atoms with van der Waals surface area (Å²) in [6, 6.07) is 5.27. The van der Waals surface area contributed by atoms with E-state index >= 15 is 0 Å². The molecule has 1 rings (SSSR count). The lowest BCUT2D eigenvalue weighted by Gasteiger charge is -2.06. The maximum Gasteiger partial charge on any atom is 0.159 e. The standard InChI is InChI=1S/C10H11ClO2/c1-7(12)8-3-4-9(6-11)10(5-8)13-2/h3-5H,6H2,1-2H3. The SMILES string of the molecule is COc1cc(C(C)=O)ccc1CCl. The van der Waals surface area contributed by atoms with Crippen LogP contribution in [-0.4, -0.2) is 12.9 Å². The highest BCUT2D eigenvalue weighted by Crippen LogP contribution is 2.21. The van der Waals surface area contributed by atoms with E-state index in [4.69, 9.17) is 16.3 Å². The summed E-state index contributed by atoms with van der Waals surface area (Å²) < 4.78 is 5.09. The van der Waals surface area contributed by atoms with E-state index in [0.29, 0.717) is 17.2 Å². The van der Waals surface area contributed by atoms with Crippen LogP contribution in [0.1, 0.15) is 22.8 Å². The lowest BCUT2D eigenvalue weighted by molar-refractivity contribution is 0.101. The third kappa shape index (κ3) is 2.22. The Balaban J connectivity index is 3.13. The van der Waals surface area contributed by atoms with Crippen LogP contribution in [0.25, 0.3) is 0 Å². The van der Waals surface area contributed by atoms with Crippen molar-refractivity contribution in [2.24, 2.45) is 0 Å². The molecule has 13 heavy (non-hydrogen) atoms. The van der Waals surface area contributed by atoms with Gasteiger partial charge in [-0.15, -0.1) is 11.6 Å². The smallest absolute Gasteiger partial charge is 0.159 e. The zero-order valence-corrected chi connectivity index (χ0v) is 8.39. The zero-order valence-electron chi connectivity index (χ0n) is 7.63. The average molecular weight is 199 g/mol. The van der Waals surface area contributed by atoms with Gasteiger partial charge in [0.2, 0.25) is 0 Å². The minimum absolute atomic E-state index is 0.0272. The van der Waals surface area contributed by atoms with E-state index in [1.165, 1.54) is 6.92 Å². The number of hydrogen-bond donors (Lipinski definition) is 0. The normalized spacial score (nSPS) is 9.77. The fraction of sp³-hybridized carbons (Fsp3) is 0.300. The van der Waals surface area contributed by atoms with E-state index in [2.05, 4.69) is 0 Å². The molecule has 0 saturated heterocycles. The minimum atomic E-state index is 0.0272. The Kier molecular flexibility index (Phi) is 3.32. The number of carbonyl (C=O) groups excluding carboxylic acids is 1. The Morgan fingerprint density at radius 1 is 1.54 bits per heavy atom. The number of alkyl halides is 1. The first-order valence-electron chi connectivity index (χ1n) is 3.93. The second-order valence-electron chi connectivity index (χ2n) is 2.72. The summed E-state index contributed by atoms with van der Waals surface area (Å²) in [5.41, 5.74) is 1.54. The molecule has 0 unspecified atom stereocenters. The van der Waals surface area contributed by atoms with Gasteiger partial charge < -0.3 is 4.74 Å². The summed E-state index contributed by atoms with van der Waals surface area (Å²) in [6.45, 7) is 1.52. The third-order valence-corrected chi connectivity index (χ3v) is 2.13. The number of carbonyl (C=O) groups is 1. The highest BCUT2D eigenvalue weighted by Gasteiger charge is 2.05. The Hall–Kier alpha value is -1.02. The van der Waals surface area contributed by atoms with Crippen LogP contribution in [0.4, 0.5) is 0 Å². The van der Waals surface area contributed by atoms with Crippen molar-refractivity contribution in [1.29, 1.82) is 0 Å². The van der Waals surface area contributed by atoms with Gasteiger partial charge in [0.05, 0.1) is 13.0 Å². The molecule has 70 valence electrons. The van der Waals surface area contributed by atoms with Gasteiger partial charge in [-0.25, -0.2) is 0 Å². The van der Waals surface area contributed by atoms with Crippen LogP contribution in [0, 0.1) is 0 Å². The Morgan fingerprint density at radius 2 is 2.23 bits per heavy atom. The number of ether oxygens (including phenoxy) is 1. The van der Waals surface area contributed by atoms with Gasteiger partial charge in [0.1, 0.15) is 5.75 Å². The summed E-state index contributed by atoms with van der Waals surface area (Å²) in [4.78, 5) is 11.0. The second-order valence-corrected chi connectivity index (χ2v) is 2.98. The Bertz CT molecular complexity index is 321. The molecule has 0 saturated carbocycles. The van der Waals surface area contributed by atoms with E-state index < -0.39 is 0 Å². The van der Waals surface area contributed by atoms with Crippen molar-refractivity contribution < 1.29 is 9.53 Å². The highest BCUT2D eigenvalue weighted by molar-refractivity contribution is 6.17. The van der Waals surface area contributed by atoms with Crippen LogP contribution in [-0.2, 0) is 5.88 Å². The van der Waals surface area contributed by atoms with Crippen molar-refractivity contribution >= 4 is 17.4 Å². The van der Waals surface area contributed by atoms with Crippen molar-refractivity contribution in [3.8, 4) is 5.75 Å². The molecule has 0 fully saturated rings. The molecule has 0 spiro atoms. The number of benzene rings is 1. The predicted octanol–water partition coefficient (Wildman–Crippen LogP) is 2.64. The van der Waals surface area contributed by atoms with Crippen LogP contribution < -0.4 is 4.74 Å². The lowest BCUT2D eigenvalue weighted by Crippen LogP contribution is -1.95. The van der Waals surface area contributed by atoms with Crippen LogP contribution in [0.5, 0.6) is 5.75 Å².